The molecule has 0 aliphatic carbocycles. The van der Waals surface area contributed by atoms with Crippen LogP contribution in [0.25, 0.3) is 0 Å². The Kier molecular flexibility index (Phi) is 3.35. The molecule has 0 aromatic heterocycles. The summed E-state index contributed by atoms with van der Waals surface area (Å²) < 4.78 is 13.6. The molecule has 0 bridgehead atoms. The number of hydrogen-bond acceptors (Lipinski definition) is 2. The maximum atomic E-state index is 13.6. The van der Waals surface area contributed by atoms with Gasteiger partial charge in [-0.15, -0.1) is 0 Å². The first-order valence-corrected chi connectivity index (χ1v) is 5.49. The summed E-state index contributed by atoms with van der Waals surface area (Å²) in [5.74, 6) is -0.418. The standard InChI is InChI=1S/C13H11FN2S/c14-10-7-4-8-11(12(10)13(15)17)16-9-5-2-1-3-6-9/h1-8,16H,(H2,15,17). The number of thiocarbonyl (C=S) groups is 1. The Balaban J connectivity index is 2.40. The van der Waals surface area contributed by atoms with Crippen molar-refractivity contribution >= 4 is 28.6 Å². The van der Waals surface area contributed by atoms with Crippen LogP contribution in [0.3, 0.4) is 0 Å². The predicted molar refractivity (Wildman–Crippen MR) is 72.0 cm³/mol. The smallest absolute Gasteiger partial charge is 0.135 e. The molecular weight excluding hydrogens is 235 g/mol. The van der Waals surface area contributed by atoms with E-state index in [2.05, 4.69) is 5.32 Å². The number of rotatable bonds is 3. The minimum Gasteiger partial charge on any atom is -0.389 e. The Morgan fingerprint density at radius 2 is 1.76 bits per heavy atom. The maximum absolute atomic E-state index is 13.6. The van der Waals surface area contributed by atoms with E-state index in [0.717, 1.165) is 5.69 Å². The van der Waals surface area contributed by atoms with Crippen molar-refractivity contribution in [2.75, 3.05) is 5.32 Å². The van der Waals surface area contributed by atoms with Crippen molar-refractivity contribution in [2.45, 2.75) is 0 Å². The molecule has 0 saturated heterocycles. The fourth-order valence-electron chi connectivity index (χ4n) is 1.56. The van der Waals surface area contributed by atoms with Gasteiger partial charge < -0.3 is 11.1 Å². The van der Waals surface area contributed by atoms with E-state index in [0.29, 0.717) is 5.69 Å². The summed E-state index contributed by atoms with van der Waals surface area (Å²) in [4.78, 5) is 0.0431. The normalized spacial score (nSPS) is 9.94. The van der Waals surface area contributed by atoms with Gasteiger partial charge in [0.2, 0.25) is 0 Å². The van der Waals surface area contributed by atoms with Gasteiger partial charge in [-0.05, 0) is 24.3 Å². The fourth-order valence-corrected chi connectivity index (χ4v) is 1.76. The van der Waals surface area contributed by atoms with Gasteiger partial charge in [-0.1, -0.05) is 36.5 Å². The summed E-state index contributed by atoms with van der Waals surface area (Å²) in [5.41, 5.74) is 7.19. The summed E-state index contributed by atoms with van der Waals surface area (Å²) in [7, 11) is 0. The van der Waals surface area contributed by atoms with Crippen molar-refractivity contribution in [2.24, 2.45) is 5.73 Å². The average Bonchev–Trinajstić information content (AvgIpc) is 2.30. The van der Waals surface area contributed by atoms with Crippen molar-refractivity contribution in [1.82, 2.24) is 0 Å². The SMILES string of the molecule is NC(=S)c1c(F)cccc1Nc1ccccc1. The summed E-state index contributed by atoms with van der Waals surface area (Å²) in [6, 6.07) is 14.1. The number of halogens is 1. The van der Waals surface area contributed by atoms with Crippen molar-refractivity contribution in [3.05, 3.63) is 59.9 Å². The first kappa shape index (κ1) is 11.5. The lowest BCUT2D eigenvalue weighted by molar-refractivity contribution is 0.626. The average molecular weight is 246 g/mol. The van der Waals surface area contributed by atoms with Crippen molar-refractivity contribution in [1.29, 1.82) is 0 Å². The van der Waals surface area contributed by atoms with Gasteiger partial charge >= 0.3 is 0 Å². The van der Waals surface area contributed by atoms with Crippen LogP contribution in [-0.4, -0.2) is 4.99 Å². The lowest BCUT2D eigenvalue weighted by Crippen LogP contribution is -2.14. The molecule has 2 nitrogen and oxygen atoms in total. The monoisotopic (exact) mass is 246 g/mol. The first-order valence-electron chi connectivity index (χ1n) is 5.09. The van der Waals surface area contributed by atoms with Crippen LogP contribution in [-0.2, 0) is 0 Å². The zero-order valence-corrected chi connectivity index (χ0v) is 9.80. The second kappa shape index (κ2) is 4.93. The number of nitrogens with two attached hydrogens (primary N) is 1. The van der Waals surface area contributed by atoms with E-state index in [4.69, 9.17) is 18.0 Å². The third-order valence-corrected chi connectivity index (χ3v) is 2.52. The summed E-state index contributed by atoms with van der Waals surface area (Å²) in [5, 5.41) is 3.09. The third-order valence-electron chi connectivity index (χ3n) is 2.31. The van der Waals surface area contributed by atoms with Gasteiger partial charge in [0.25, 0.3) is 0 Å². The molecule has 0 spiro atoms. The molecule has 0 aliphatic heterocycles. The highest BCUT2D eigenvalue weighted by Gasteiger charge is 2.10. The van der Waals surface area contributed by atoms with Crippen molar-refractivity contribution < 1.29 is 4.39 Å². The van der Waals surface area contributed by atoms with E-state index < -0.39 is 5.82 Å². The highest BCUT2D eigenvalue weighted by Crippen LogP contribution is 2.22. The number of benzene rings is 2. The molecule has 2 aromatic carbocycles. The van der Waals surface area contributed by atoms with Crippen LogP contribution < -0.4 is 11.1 Å². The molecule has 17 heavy (non-hydrogen) atoms. The van der Waals surface area contributed by atoms with E-state index in [1.165, 1.54) is 6.07 Å². The Bertz CT molecular complexity index is 540. The molecule has 2 rings (SSSR count). The van der Waals surface area contributed by atoms with Crippen LogP contribution in [0, 0.1) is 5.82 Å². The van der Waals surface area contributed by atoms with Crippen molar-refractivity contribution in [3.8, 4) is 0 Å². The largest absolute Gasteiger partial charge is 0.389 e. The molecule has 0 aliphatic rings. The Morgan fingerprint density at radius 1 is 1.06 bits per heavy atom. The molecule has 0 saturated carbocycles. The Morgan fingerprint density at radius 3 is 2.41 bits per heavy atom. The molecule has 0 fully saturated rings. The number of nitrogens with one attached hydrogen (secondary N) is 1. The van der Waals surface area contributed by atoms with E-state index in [1.54, 1.807) is 12.1 Å². The minimum absolute atomic E-state index is 0.0431. The van der Waals surface area contributed by atoms with Gasteiger partial charge in [0.05, 0.1) is 11.3 Å². The first-order chi connectivity index (χ1) is 8.18. The van der Waals surface area contributed by atoms with Gasteiger partial charge in [0, 0.05) is 5.69 Å². The van der Waals surface area contributed by atoms with Gasteiger partial charge in [0.1, 0.15) is 10.8 Å². The number of hydrogen-bond donors (Lipinski definition) is 2. The molecule has 86 valence electrons. The Hall–Kier alpha value is -1.94. The molecule has 0 amide bonds. The van der Waals surface area contributed by atoms with Gasteiger partial charge in [0.15, 0.2) is 0 Å². The maximum Gasteiger partial charge on any atom is 0.135 e. The van der Waals surface area contributed by atoms with E-state index in [9.17, 15) is 4.39 Å². The topological polar surface area (TPSA) is 38.0 Å². The van der Waals surface area contributed by atoms with E-state index in [-0.39, 0.29) is 10.6 Å². The lowest BCUT2D eigenvalue weighted by Gasteiger charge is -2.11. The minimum atomic E-state index is -0.418. The zero-order chi connectivity index (χ0) is 12.3. The van der Waals surface area contributed by atoms with Gasteiger partial charge in [-0.2, -0.15) is 0 Å². The van der Waals surface area contributed by atoms with Crippen LogP contribution in [0.1, 0.15) is 5.56 Å². The molecule has 4 heteroatoms. The molecular formula is C13H11FN2S. The number of anilines is 2. The molecule has 3 N–H and O–H groups in total. The van der Waals surface area contributed by atoms with Crippen LogP contribution in [0.5, 0.6) is 0 Å². The summed E-state index contributed by atoms with van der Waals surface area (Å²) in [6.07, 6.45) is 0. The fraction of sp³-hybridized carbons (Fsp3) is 0. The van der Waals surface area contributed by atoms with Crippen LogP contribution in [0.2, 0.25) is 0 Å². The van der Waals surface area contributed by atoms with Crippen molar-refractivity contribution in [3.63, 3.8) is 0 Å². The van der Waals surface area contributed by atoms with Crippen LogP contribution >= 0.6 is 12.2 Å². The Labute approximate surface area is 104 Å². The van der Waals surface area contributed by atoms with Crippen LogP contribution in [0.15, 0.2) is 48.5 Å². The molecule has 0 atom stereocenters. The second-order valence-electron chi connectivity index (χ2n) is 3.52. The highest BCUT2D eigenvalue weighted by molar-refractivity contribution is 7.80. The van der Waals surface area contributed by atoms with E-state index in [1.807, 2.05) is 30.3 Å². The predicted octanol–water partition coefficient (Wildman–Crippen LogP) is 3.20. The quantitative estimate of drug-likeness (QED) is 0.817. The molecule has 0 radical (unpaired) electrons. The molecule has 2 aromatic rings. The highest BCUT2D eigenvalue weighted by atomic mass is 32.1. The van der Waals surface area contributed by atoms with Gasteiger partial charge in [-0.3, -0.25) is 0 Å². The summed E-state index contributed by atoms with van der Waals surface area (Å²) >= 11 is 4.85. The van der Waals surface area contributed by atoms with Gasteiger partial charge in [-0.25, -0.2) is 4.39 Å². The second-order valence-corrected chi connectivity index (χ2v) is 3.96. The lowest BCUT2D eigenvalue weighted by atomic mass is 10.1. The molecule has 0 heterocycles. The summed E-state index contributed by atoms with van der Waals surface area (Å²) in [6.45, 7) is 0. The molecule has 0 unspecified atom stereocenters. The zero-order valence-electron chi connectivity index (χ0n) is 8.98. The third kappa shape index (κ3) is 2.60. The van der Waals surface area contributed by atoms with E-state index >= 15 is 0 Å². The van der Waals surface area contributed by atoms with Crippen LogP contribution in [0.4, 0.5) is 15.8 Å². The number of para-hydroxylation sites is 1.